The van der Waals surface area contributed by atoms with Crippen molar-refractivity contribution in [3.63, 3.8) is 0 Å². The third kappa shape index (κ3) is 3.13. The molecule has 0 radical (unpaired) electrons. The summed E-state index contributed by atoms with van der Waals surface area (Å²) < 4.78 is 29.7. The zero-order valence-electron chi connectivity index (χ0n) is 14.5. The topological polar surface area (TPSA) is 51.9 Å². The molecule has 1 heterocycles. The molecule has 3 rings (SSSR count). The average molecular weight is 355 g/mol. The highest BCUT2D eigenvalue weighted by Gasteiger charge is 2.21. The van der Waals surface area contributed by atoms with Crippen molar-refractivity contribution in [1.29, 1.82) is 0 Å². The van der Waals surface area contributed by atoms with Crippen LogP contribution in [0.3, 0.4) is 0 Å². The van der Waals surface area contributed by atoms with Gasteiger partial charge in [0.15, 0.2) is 11.3 Å². The summed E-state index contributed by atoms with van der Waals surface area (Å²) in [6, 6.07) is 9.22. The number of halogens is 1. The summed E-state index contributed by atoms with van der Waals surface area (Å²) in [5.41, 5.74) is 1.83. The van der Waals surface area contributed by atoms with E-state index in [2.05, 4.69) is 6.58 Å². The molecule has 5 nitrogen and oxygen atoms in total. The monoisotopic (exact) mass is 355 g/mol. The molecular formula is C20H18FNO4. The number of amides is 1. The van der Waals surface area contributed by atoms with Crippen molar-refractivity contribution in [3.8, 4) is 11.5 Å². The molecule has 3 aromatic rings. The zero-order valence-corrected chi connectivity index (χ0v) is 14.5. The van der Waals surface area contributed by atoms with E-state index in [-0.39, 0.29) is 18.3 Å². The Morgan fingerprint density at radius 1 is 1.23 bits per heavy atom. The maximum Gasteiger partial charge on any atom is 0.250 e. The summed E-state index contributed by atoms with van der Waals surface area (Å²) in [6.07, 6.45) is 2.76. The van der Waals surface area contributed by atoms with Crippen LogP contribution in [0.5, 0.6) is 11.5 Å². The van der Waals surface area contributed by atoms with Crippen LogP contribution in [0.2, 0.25) is 0 Å². The molecule has 1 aromatic heterocycles. The summed E-state index contributed by atoms with van der Waals surface area (Å²) in [4.78, 5) is 13.9. The summed E-state index contributed by atoms with van der Waals surface area (Å²) in [7, 11) is 3.09. The van der Waals surface area contributed by atoms with Crippen LogP contribution in [0.4, 0.5) is 10.1 Å². The van der Waals surface area contributed by atoms with Gasteiger partial charge in [0.2, 0.25) is 0 Å². The van der Waals surface area contributed by atoms with Gasteiger partial charge in [-0.05, 0) is 42.5 Å². The average Bonchev–Trinajstić information content (AvgIpc) is 3.15. The minimum Gasteiger partial charge on any atom is -0.496 e. The number of hydrogen-bond donors (Lipinski definition) is 0. The van der Waals surface area contributed by atoms with Gasteiger partial charge in [0.1, 0.15) is 11.6 Å². The highest BCUT2D eigenvalue weighted by molar-refractivity contribution is 6.01. The lowest BCUT2D eigenvalue weighted by molar-refractivity contribution is -0.114. The first-order valence-electron chi connectivity index (χ1n) is 7.89. The molecule has 0 unspecified atom stereocenters. The van der Waals surface area contributed by atoms with E-state index in [0.717, 1.165) is 10.9 Å². The third-order valence-corrected chi connectivity index (χ3v) is 4.06. The number of hydrogen-bond acceptors (Lipinski definition) is 4. The van der Waals surface area contributed by atoms with Crippen molar-refractivity contribution < 1.29 is 23.1 Å². The molecule has 6 heteroatoms. The molecule has 1 amide bonds. The Bertz CT molecular complexity index is 946. The van der Waals surface area contributed by atoms with Crippen molar-refractivity contribution in [2.75, 3.05) is 19.1 Å². The summed E-state index contributed by atoms with van der Waals surface area (Å²) in [5.74, 6) is 0.424. The zero-order chi connectivity index (χ0) is 18.7. The molecule has 0 aliphatic rings. The van der Waals surface area contributed by atoms with E-state index >= 15 is 0 Å². The van der Waals surface area contributed by atoms with Gasteiger partial charge in [0.05, 0.1) is 32.4 Å². The maximum atomic E-state index is 13.2. The fraction of sp³-hybridized carbons (Fsp3) is 0.150. The molecule has 0 saturated carbocycles. The normalized spacial score (nSPS) is 10.6. The lowest BCUT2D eigenvalue weighted by Crippen LogP contribution is -2.28. The van der Waals surface area contributed by atoms with Gasteiger partial charge in [-0.1, -0.05) is 6.58 Å². The number of nitrogens with zero attached hydrogens (tertiary/aromatic N) is 1. The Hall–Kier alpha value is -3.28. The molecule has 0 bridgehead atoms. The standard InChI is InChI=1S/C20H18FNO4/c1-4-18(23)22(15-7-5-14(21)6-8-15)12-13-11-17(24-2)20-16(9-10-26-20)19(13)25-3/h4-11H,1,12H2,2-3H3. The highest BCUT2D eigenvalue weighted by Crippen LogP contribution is 2.38. The number of furan rings is 1. The van der Waals surface area contributed by atoms with Crippen molar-refractivity contribution in [3.05, 3.63) is 66.7 Å². The van der Waals surface area contributed by atoms with Gasteiger partial charge >= 0.3 is 0 Å². The third-order valence-electron chi connectivity index (χ3n) is 4.06. The lowest BCUT2D eigenvalue weighted by atomic mass is 10.1. The molecule has 0 aliphatic carbocycles. The Kier molecular flexibility index (Phi) is 4.93. The van der Waals surface area contributed by atoms with Crippen molar-refractivity contribution in [2.24, 2.45) is 0 Å². The van der Waals surface area contributed by atoms with E-state index < -0.39 is 0 Å². The van der Waals surface area contributed by atoms with Crippen LogP contribution >= 0.6 is 0 Å². The number of anilines is 1. The minimum atomic E-state index is -0.376. The van der Waals surface area contributed by atoms with Crippen LogP contribution in [0.1, 0.15) is 5.56 Å². The lowest BCUT2D eigenvalue weighted by Gasteiger charge is -2.23. The number of rotatable bonds is 6. The molecule has 0 aliphatic heterocycles. The fourth-order valence-electron chi connectivity index (χ4n) is 2.85. The largest absolute Gasteiger partial charge is 0.496 e. The van der Waals surface area contributed by atoms with Crippen LogP contribution < -0.4 is 14.4 Å². The molecule has 0 spiro atoms. The van der Waals surface area contributed by atoms with Crippen LogP contribution in [-0.2, 0) is 11.3 Å². The minimum absolute atomic E-state index is 0.192. The van der Waals surface area contributed by atoms with Crippen molar-refractivity contribution >= 4 is 22.6 Å². The van der Waals surface area contributed by atoms with Crippen molar-refractivity contribution in [2.45, 2.75) is 6.54 Å². The first-order valence-corrected chi connectivity index (χ1v) is 7.89. The van der Waals surface area contributed by atoms with Crippen LogP contribution in [0.15, 0.2) is 59.7 Å². The highest BCUT2D eigenvalue weighted by atomic mass is 19.1. The van der Waals surface area contributed by atoms with Gasteiger partial charge in [-0.25, -0.2) is 4.39 Å². The first-order chi connectivity index (χ1) is 12.6. The van der Waals surface area contributed by atoms with E-state index in [1.54, 1.807) is 32.6 Å². The van der Waals surface area contributed by atoms with E-state index in [0.29, 0.717) is 22.8 Å². The van der Waals surface area contributed by atoms with Crippen LogP contribution in [-0.4, -0.2) is 20.1 Å². The number of fused-ring (bicyclic) bond motifs is 1. The number of ether oxygens (including phenoxy) is 2. The fourth-order valence-corrected chi connectivity index (χ4v) is 2.85. The van der Waals surface area contributed by atoms with E-state index in [1.165, 1.54) is 35.2 Å². The Morgan fingerprint density at radius 2 is 1.96 bits per heavy atom. The van der Waals surface area contributed by atoms with Crippen molar-refractivity contribution in [1.82, 2.24) is 0 Å². The second-order valence-corrected chi connectivity index (χ2v) is 5.54. The summed E-state index contributed by atoms with van der Waals surface area (Å²) in [6.45, 7) is 3.74. The smallest absolute Gasteiger partial charge is 0.250 e. The SMILES string of the molecule is C=CC(=O)N(Cc1cc(OC)c2occc2c1OC)c1ccc(F)cc1. The first kappa shape index (κ1) is 17.5. The molecule has 134 valence electrons. The molecule has 0 N–H and O–H groups in total. The van der Waals surface area contributed by atoms with Gasteiger partial charge in [-0.15, -0.1) is 0 Å². The van der Waals surface area contributed by atoms with Gasteiger partial charge in [0.25, 0.3) is 5.91 Å². The van der Waals surface area contributed by atoms with Gasteiger partial charge in [-0.2, -0.15) is 0 Å². The number of methoxy groups -OCH3 is 2. The molecule has 26 heavy (non-hydrogen) atoms. The Labute approximate surface area is 150 Å². The van der Waals surface area contributed by atoms with Gasteiger partial charge in [-0.3, -0.25) is 4.79 Å². The maximum absolute atomic E-state index is 13.2. The Morgan fingerprint density at radius 3 is 2.58 bits per heavy atom. The van der Waals surface area contributed by atoms with E-state index in [4.69, 9.17) is 13.9 Å². The Balaban J connectivity index is 2.10. The quantitative estimate of drug-likeness (QED) is 0.619. The van der Waals surface area contributed by atoms with Crippen LogP contribution in [0.25, 0.3) is 11.0 Å². The van der Waals surface area contributed by atoms with Gasteiger partial charge in [0, 0.05) is 11.3 Å². The molecule has 0 saturated heterocycles. The van der Waals surface area contributed by atoms with Gasteiger partial charge < -0.3 is 18.8 Å². The summed E-state index contributed by atoms with van der Waals surface area (Å²) >= 11 is 0. The molecule has 0 atom stereocenters. The number of carbonyl (C=O) groups excluding carboxylic acids is 1. The van der Waals surface area contributed by atoms with E-state index in [9.17, 15) is 9.18 Å². The second-order valence-electron chi connectivity index (χ2n) is 5.54. The van der Waals surface area contributed by atoms with E-state index in [1.807, 2.05) is 0 Å². The molecule has 2 aromatic carbocycles. The second kappa shape index (κ2) is 7.31. The summed E-state index contributed by atoms with van der Waals surface area (Å²) in [5, 5.41) is 0.743. The predicted octanol–water partition coefficient (Wildman–Crippen LogP) is 4.31. The van der Waals surface area contributed by atoms with Crippen LogP contribution in [0, 0.1) is 5.82 Å². The molecular weight excluding hydrogens is 337 g/mol. The number of benzene rings is 2. The number of carbonyl (C=O) groups is 1. The predicted molar refractivity (Wildman–Crippen MR) is 97.1 cm³/mol. The molecule has 0 fully saturated rings.